The summed E-state index contributed by atoms with van der Waals surface area (Å²) in [5.41, 5.74) is 4.84. The second-order valence-electron chi connectivity index (χ2n) is 8.16. The van der Waals surface area contributed by atoms with E-state index in [-0.39, 0.29) is 11.6 Å². The molecule has 0 bridgehead atoms. The van der Waals surface area contributed by atoms with E-state index in [2.05, 4.69) is 10.6 Å². The highest BCUT2D eigenvalue weighted by Gasteiger charge is 2.34. The summed E-state index contributed by atoms with van der Waals surface area (Å²) in [5, 5.41) is 21.5. The second kappa shape index (κ2) is 9.41. The highest BCUT2D eigenvalue weighted by atomic mass is 32.2. The van der Waals surface area contributed by atoms with Gasteiger partial charge in [-0.05, 0) is 42.8 Å². The number of hydrogen-bond acceptors (Lipinski definition) is 6. The van der Waals surface area contributed by atoms with Gasteiger partial charge in [0.25, 0.3) is 11.6 Å². The first-order chi connectivity index (χ1) is 17.4. The van der Waals surface area contributed by atoms with E-state index < -0.39 is 4.92 Å². The van der Waals surface area contributed by atoms with Crippen molar-refractivity contribution in [1.29, 1.82) is 5.26 Å². The van der Waals surface area contributed by atoms with Crippen molar-refractivity contribution in [3.8, 4) is 6.07 Å². The molecule has 1 aliphatic rings. The standard InChI is InChI=1S/C27H18N4O3S2/c1-17-23(14-25-26(32)30(27(35)36-25)20-10-12-21(13-11-20)31(33)34)22-8-4-5-9-24(22)29(17)16-19-7-3-2-6-18(19)15-28/h2-14H,16H2,1H3/b25-14+. The van der Waals surface area contributed by atoms with Crippen molar-refractivity contribution < 1.29 is 9.72 Å². The number of benzene rings is 3. The molecule has 0 N–H and O–H groups in total. The average molecular weight is 511 g/mol. The normalized spacial score (nSPS) is 14.6. The molecule has 36 heavy (non-hydrogen) atoms. The predicted octanol–water partition coefficient (Wildman–Crippen LogP) is 6.18. The van der Waals surface area contributed by atoms with Crippen LogP contribution < -0.4 is 4.90 Å². The van der Waals surface area contributed by atoms with Gasteiger partial charge in [-0.2, -0.15) is 5.26 Å². The molecule has 0 aliphatic carbocycles. The van der Waals surface area contributed by atoms with E-state index in [0.717, 1.165) is 27.7 Å². The van der Waals surface area contributed by atoms with Crippen molar-refractivity contribution in [2.45, 2.75) is 13.5 Å². The van der Waals surface area contributed by atoms with Crippen molar-refractivity contribution in [3.63, 3.8) is 0 Å². The number of anilines is 1. The van der Waals surface area contributed by atoms with Gasteiger partial charge in [0, 0.05) is 40.8 Å². The van der Waals surface area contributed by atoms with Crippen LogP contribution in [0.25, 0.3) is 17.0 Å². The van der Waals surface area contributed by atoms with E-state index in [1.54, 1.807) is 6.07 Å². The zero-order valence-corrected chi connectivity index (χ0v) is 20.7. The number of nitriles is 1. The van der Waals surface area contributed by atoms with Crippen LogP contribution in [0.15, 0.2) is 77.7 Å². The quantitative estimate of drug-likeness (QED) is 0.138. The van der Waals surface area contributed by atoms with E-state index in [1.165, 1.54) is 40.9 Å². The van der Waals surface area contributed by atoms with Gasteiger partial charge in [-0.1, -0.05) is 60.4 Å². The largest absolute Gasteiger partial charge is 0.340 e. The Morgan fingerprint density at radius 1 is 1.08 bits per heavy atom. The van der Waals surface area contributed by atoms with E-state index in [9.17, 15) is 20.2 Å². The van der Waals surface area contributed by atoms with Gasteiger partial charge in [0.1, 0.15) is 0 Å². The summed E-state index contributed by atoms with van der Waals surface area (Å²) < 4.78 is 2.51. The Balaban J connectivity index is 1.55. The number of nitrogens with zero attached hydrogens (tertiary/aromatic N) is 4. The predicted molar refractivity (Wildman–Crippen MR) is 146 cm³/mol. The molecule has 9 heteroatoms. The topological polar surface area (TPSA) is 92.2 Å². The summed E-state index contributed by atoms with van der Waals surface area (Å²) >= 11 is 6.68. The minimum absolute atomic E-state index is 0.0545. The maximum absolute atomic E-state index is 13.3. The van der Waals surface area contributed by atoms with Crippen LogP contribution in [0.5, 0.6) is 0 Å². The van der Waals surface area contributed by atoms with Crippen molar-refractivity contribution in [3.05, 3.63) is 110 Å². The molecule has 1 aliphatic heterocycles. The van der Waals surface area contributed by atoms with E-state index >= 15 is 0 Å². The third kappa shape index (κ3) is 4.06. The molecule has 2 heterocycles. The fourth-order valence-corrected chi connectivity index (χ4v) is 5.61. The summed E-state index contributed by atoms with van der Waals surface area (Å²) in [7, 11) is 0. The Kier molecular flexibility index (Phi) is 6.14. The van der Waals surface area contributed by atoms with Crippen LogP contribution in [0.1, 0.15) is 22.4 Å². The van der Waals surface area contributed by atoms with Crippen molar-refractivity contribution >= 4 is 62.6 Å². The van der Waals surface area contributed by atoms with Gasteiger partial charge in [0.05, 0.1) is 27.1 Å². The van der Waals surface area contributed by atoms with Crippen LogP contribution in [-0.4, -0.2) is 19.7 Å². The molecule has 3 aromatic carbocycles. The molecule has 1 amide bonds. The fraction of sp³-hybridized carbons (Fsp3) is 0.0741. The zero-order valence-electron chi connectivity index (χ0n) is 19.0. The first kappa shape index (κ1) is 23.5. The third-order valence-electron chi connectivity index (χ3n) is 6.13. The number of thiocarbonyl (C=S) groups is 1. The molecule has 5 rings (SSSR count). The van der Waals surface area contributed by atoms with Crippen LogP contribution >= 0.6 is 24.0 Å². The molecule has 0 saturated carbocycles. The minimum Gasteiger partial charge on any atom is -0.340 e. The third-order valence-corrected chi connectivity index (χ3v) is 7.44. The Morgan fingerprint density at radius 2 is 1.78 bits per heavy atom. The fourth-order valence-electron chi connectivity index (χ4n) is 4.33. The summed E-state index contributed by atoms with van der Waals surface area (Å²) in [6.45, 7) is 2.52. The van der Waals surface area contributed by atoms with Crippen LogP contribution in [-0.2, 0) is 11.3 Å². The molecular weight excluding hydrogens is 492 g/mol. The summed E-state index contributed by atoms with van der Waals surface area (Å²) in [6, 6.07) is 23.5. The van der Waals surface area contributed by atoms with Gasteiger partial charge in [0.2, 0.25) is 0 Å². The Labute approximate surface area is 216 Å². The molecular formula is C27H18N4O3S2. The number of hydrogen-bond donors (Lipinski definition) is 0. The van der Waals surface area contributed by atoms with Gasteiger partial charge in [-0.15, -0.1) is 0 Å². The van der Waals surface area contributed by atoms with Gasteiger partial charge in [-0.3, -0.25) is 19.8 Å². The number of fused-ring (bicyclic) bond motifs is 1. The van der Waals surface area contributed by atoms with Gasteiger partial charge in [-0.25, -0.2) is 0 Å². The molecule has 1 fully saturated rings. The molecule has 0 unspecified atom stereocenters. The number of nitro benzene ring substituents is 1. The smallest absolute Gasteiger partial charge is 0.270 e. The molecule has 176 valence electrons. The van der Waals surface area contributed by atoms with E-state index in [1.807, 2.05) is 55.5 Å². The van der Waals surface area contributed by atoms with Crippen LogP contribution in [0.2, 0.25) is 0 Å². The number of amides is 1. The molecule has 0 atom stereocenters. The number of non-ortho nitro benzene ring substituents is 1. The molecule has 7 nitrogen and oxygen atoms in total. The number of carbonyl (C=O) groups excluding carboxylic acids is 1. The molecule has 4 aromatic rings. The summed E-state index contributed by atoms with van der Waals surface area (Å²) in [6.07, 6.45) is 1.86. The van der Waals surface area contributed by atoms with Crippen molar-refractivity contribution in [2.24, 2.45) is 0 Å². The number of rotatable bonds is 5. The first-order valence-corrected chi connectivity index (χ1v) is 12.2. The molecule has 1 aromatic heterocycles. The monoisotopic (exact) mass is 510 g/mol. The second-order valence-corrected chi connectivity index (χ2v) is 9.84. The number of nitro groups is 1. The lowest BCUT2D eigenvalue weighted by Gasteiger charge is -2.14. The summed E-state index contributed by atoms with van der Waals surface area (Å²) in [5.74, 6) is -0.273. The lowest BCUT2D eigenvalue weighted by molar-refractivity contribution is -0.384. The number of thioether (sulfide) groups is 1. The van der Waals surface area contributed by atoms with Crippen molar-refractivity contribution in [2.75, 3.05) is 4.90 Å². The Hall–Kier alpha value is -4.26. The SMILES string of the molecule is Cc1c(/C=C2/SC(=S)N(c3ccc([N+](=O)[O-])cc3)C2=O)c2ccccc2n1Cc1ccccc1C#N. The number of carbonyl (C=O) groups is 1. The van der Waals surface area contributed by atoms with Crippen molar-refractivity contribution in [1.82, 2.24) is 4.57 Å². The number of aromatic nitrogens is 1. The highest BCUT2D eigenvalue weighted by molar-refractivity contribution is 8.27. The first-order valence-electron chi connectivity index (χ1n) is 11.0. The maximum Gasteiger partial charge on any atom is 0.270 e. The minimum atomic E-state index is -0.485. The Bertz CT molecular complexity index is 1630. The Morgan fingerprint density at radius 3 is 2.50 bits per heavy atom. The number of para-hydroxylation sites is 1. The zero-order chi connectivity index (χ0) is 25.4. The van der Waals surface area contributed by atoms with Gasteiger partial charge < -0.3 is 4.57 Å². The van der Waals surface area contributed by atoms with Crippen LogP contribution in [0.4, 0.5) is 11.4 Å². The molecule has 1 saturated heterocycles. The summed E-state index contributed by atoms with van der Waals surface area (Å²) in [4.78, 5) is 25.7. The maximum atomic E-state index is 13.3. The lowest BCUT2D eigenvalue weighted by atomic mass is 10.1. The molecule has 0 spiro atoms. The van der Waals surface area contributed by atoms with Crippen LogP contribution in [0.3, 0.4) is 0 Å². The molecule has 0 radical (unpaired) electrons. The van der Waals surface area contributed by atoms with Crippen LogP contribution in [0, 0.1) is 28.4 Å². The highest BCUT2D eigenvalue weighted by Crippen LogP contribution is 2.38. The van der Waals surface area contributed by atoms with Gasteiger partial charge >= 0.3 is 0 Å². The lowest BCUT2D eigenvalue weighted by Crippen LogP contribution is -2.27. The van der Waals surface area contributed by atoms with E-state index in [4.69, 9.17) is 12.2 Å². The van der Waals surface area contributed by atoms with E-state index in [0.29, 0.717) is 27.0 Å². The average Bonchev–Trinajstić information content (AvgIpc) is 3.32. The van der Waals surface area contributed by atoms with Gasteiger partial charge in [0.15, 0.2) is 4.32 Å².